The number of benzene rings is 1. The molecular formula is C20H25ClF2. The highest BCUT2D eigenvalue weighted by atomic mass is 35.5. The summed E-state index contributed by atoms with van der Waals surface area (Å²) in [6.45, 7) is 0. The zero-order valence-corrected chi connectivity index (χ0v) is 14.2. The Kier molecular flexibility index (Phi) is 5.74. The smallest absolute Gasteiger partial charge is 0.126 e. The molecule has 0 aliphatic heterocycles. The molecular weight excluding hydrogens is 314 g/mol. The Balaban J connectivity index is 1.52. The zero-order valence-electron chi connectivity index (χ0n) is 13.5. The van der Waals surface area contributed by atoms with Crippen LogP contribution < -0.4 is 0 Å². The van der Waals surface area contributed by atoms with E-state index in [9.17, 15) is 8.78 Å². The predicted molar refractivity (Wildman–Crippen MR) is 91.5 cm³/mol. The third kappa shape index (κ3) is 4.35. The molecule has 0 atom stereocenters. The van der Waals surface area contributed by atoms with Crippen LogP contribution in [0.4, 0.5) is 8.78 Å². The lowest BCUT2D eigenvalue weighted by Gasteiger charge is -2.37. The van der Waals surface area contributed by atoms with Gasteiger partial charge in [-0.1, -0.05) is 17.7 Å². The van der Waals surface area contributed by atoms with Crippen LogP contribution in [0.1, 0.15) is 62.8 Å². The first-order valence-electron chi connectivity index (χ1n) is 8.88. The van der Waals surface area contributed by atoms with Gasteiger partial charge in [0.05, 0.1) is 0 Å². The third-order valence-corrected chi connectivity index (χ3v) is 6.10. The summed E-state index contributed by atoms with van der Waals surface area (Å²) < 4.78 is 26.8. The maximum absolute atomic E-state index is 13.4. The fourth-order valence-corrected chi connectivity index (χ4v) is 4.85. The van der Waals surface area contributed by atoms with Gasteiger partial charge in [-0.05, 0) is 92.7 Å². The summed E-state index contributed by atoms with van der Waals surface area (Å²) in [7, 11) is 0. The Bertz CT molecular complexity index is 518. The number of allylic oxidation sites excluding steroid dienone is 1. The van der Waals surface area contributed by atoms with Crippen LogP contribution in [0.2, 0.25) is 0 Å². The zero-order chi connectivity index (χ0) is 16.2. The Morgan fingerprint density at radius 2 is 1.30 bits per heavy atom. The van der Waals surface area contributed by atoms with Crippen LogP contribution in [0, 0.1) is 29.4 Å². The summed E-state index contributed by atoms with van der Waals surface area (Å²) >= 11 is 5.68. The molecule has 0 radical (unpaired) electrons. The molecule has 3 rings (SSSR count). The molecule has 2 aliphatic rings. The first-order chi connectivity index (χ1) is 11.2. The van der Waals surface area contributed by atoms with Crippen molar-refractivity contribution in [2.75, 3.05) is 0 Å². The van der Waals surface area contributed by atoms with Crippen LogP contribution in [0.3, 0.4) is 0 Å². The van der Waals surface area contributed by atoms with Gasteiger partial charge in [-0.2, -0.15) is 0 Å². The molecule has 0 amide bonds. The first-order valence-corrected chi connectivity index (χ1v) is 9.32. The van der Waals surface area contributed by atoms with Gasteiger partial charge >= 0.3 is 0 Å². The van der Waals surface area contributed by atoms with Gasteiger partial charge in [0, 0.05) is 11.6 Å². The van der Waals surface area contributed by atoms with Gasteiger partial charge in [0.2, 0.25) is 0 Å². The van der Waals surface area contributed by atoms with Crippen molar-refractivity contribution in [1.29, 1.82) is 0 Å². The van der Waals surface area contributed by atoms with E-state index < -0.39 is 11.6 Å². The standard InChI is InChI=1S/C20H25ClF2/c21-10-9-14-1-3-15(4-2-14)16-5-7-17(8-6-16)18-11-19(22)13-20(23)12-18/h9-17H,1-8H2/b10-9+. The van der Waals surface area contributed by atoms with Gasteiger partial charge in [-0.3, -0.25) is 0 Å². The summed E-state index contributed by atoms with van der Waals surface area (Å²) in [6.07, 6.45) is 11.8. The SMILES string of the molecule is Fc1cc(F)cc(C2CCC(C3CCC(/C=C/Cl)CC3)CC2)c1. The molecule has 3 heteroatoms. The van der Waals surface area contributed by atoms with Crippen molar-refractivity contribution in [2.45, 2.75) is 57.3 Å². The van der Waals surface area contributed by atoms with Crippen molar-refractivity contribution < 1.29 is 8.78 Å². The van der Waals surface area contributed by atoms with E-state index >= 15 is 0 Å². The highest BCUT2D eigenvalue weighted by Crippen LogP contribution is 2.44. The summed E-state index contributed by atoms with van der Waals surface area (Å²) in [5.41, 5.74) is 2.51. The first kappa shape index (κ1) is 17.0. The molecule has 0 spiro atoms. The third-order valence-electron chi connectivity index (χ3n) is 5.96. The fourth-order valence-electron chi connectivity index (χ4n) is 4.65. The van der Waals surface area contributed by atoms with E-state index in [2.05, 4.69) is 6.08 Å². The van der Waals surface area contributed by atoms with E-state index in [0.29, 0.717) is 11.8 Å². The van der Waals surface area contributed by atoms with Crippen LogP contribution in [0.15, 0.2) is 29.8 Å². The monoisotopic (exact) mass is 338 g/mol. The van der Waals surface area contributed by atoms with Gasteiger partial charge in [-0.25, -0.2) is 8.78 Å². The summed E-state index contributed by atoms with van der Waals surface area (Å²) in [5.74, 6) is 1.72. The summed E-state index contributed by atoms with van der Waals surface area (Å²) in [6, 6.07) is 3.98. The molecule has 2 aliphatic carbocycles. The van der Waals surface area contributed by atoms with Gasteiger partial charge in [0.25, 0.3) is 0 Å². The molecule has 0 heterocycles. The predicted octanol–water partition coefficient (Wildman–Crippen LogP) is 6.80. The normalized spacial score (nSPS) is 32.3. The lowest BCUT2D eigenvalue weighted by atomic mass is 9.68. The Hall–Kier alpha value is -0.890. The average Bonchev–Trinajstić information content (AvgIpc) is 2.55. The average molecular weight is 339 g/mol. The van der Waals surface area contributed by atoms with Crippen molar-refractivity contribution in [2.24, 2.45) is 17.8 Å². The molecule has 1 aromatic carbocycles. The van der Waals surface area contributed by atoms with Gasteiger partial charge in [0.1, 0.15) is 11.6 Å². The van der Waals surface area contributed by atoms with Gasteiger partial charge < -0.3 is 0 Å². The van der Waals surface area contributed by atoms with E-state index in [4.69, 9.17) is 11.6 Å². The van der Waals surface area contributed by atoms with Crippen molar-refractivity contribution in [3.63, 3.8) is 0 Å². The second-order valence-corrected chi connectivity index (χ2v) is 7.56. The molecule has 0 aromatic heterocycles. The largest absolute Gasteiger partial charge is 0.207 e. The second-order valence-electron chi connectivity index (χ2n) is 7.31. The van der Waals surface area contributed by atoms with Crippen molar-refractivity contribution in [1.82, 2.24) is 0 Å². The van der Waals surface area contributed by atoms with Crippen molar-refractivity contribution in [3.8, 4) is 0 Å². The molecule has 0 bridgehead atoms. The van der Waals surface area contributed by atoms with Crippen LogP contribution in [0.25, 0.3) is 0 Å². The fraction of sp³-hybridized carbons (Fsp3) is 0.600. The number of hydrogen-bond donors (Lipinski definition) is 0. The molecule has 0 nitrogen and oxygen atoms in total. The lowest BCUT2D eigenvalue weighted by molar-refractivity contribution is 0.171. The number of halogens is 3. The molecule has 2 saturated carbocycles. The minimum Gasteiger partial charge on any atom is -0.207 e. The quantitative estimate of drug-likeness (QED) is 0.568. The highest BCUT2D eigenvalue weighted by Gasteiger charge is 2.31. The number of rotatable bonds is 3. The van der Waals surface area contributed by atoms with Crippen LogP contribution in [-0.4, -0.2) is 0 Å². The second kappa shape index (κ2) is 7.79. The minimum atomic E-state index is -0.451. The van der Waals surface area contributed by atoms with Crippen LogP contribution in [0.5, 0.6) is 0 Å². The van der Waals surface area contributed by atoms with Gasteiger partial charge in [-0.15, -0.1) is 0 Å². The number of hydrogen-bond acceptors (Lipinski definition) is 0. The van der Waals surface area contributed by atoms with E-state index in [-0.39, 0.29) is 0 Å². The van der Waals surface area contributed by atoms with Gasteiger partial charge in [0.15, 0.2) is 0 Å². The maximum atomic E-state index is 13.4. The minimum absolute atomic E-state index is 0.326. The maximum Gasteiger partial charge on any atom is 0.126 e. The molecule has 0 N–H and O–H groups in total. The van der Waals surface area contributed by atoms with Crippen molar-refractivity contribution in [3.05, 3.63) is 47.0 Å². The highest BCUT2D eigenvalue weighted by molar-refractivity contribution is 6.25. The Morgan fingerprint density at radius 1 is 0.783 bits per heavy atom. The lowest BCUT2D eigenvalue weighted by Crippen LogP contribution is -2.25. The molecule has 23 heavy (non-hydrogen) atoms. The molecule has 0 saturated heterocycles. The van der Waals surface area contributed by atoms with Crippen LogP contribution in [-0.2, 0) is 0 Å². The Labute approximate surface area is 142 Å². The summed E-state index contributed by atoms with van der Waals surface area (Å²) in [4.78, 5) is 0. The molecule has 0 unspecified atom stereocenters. The summed E-state index contributed by atoms with van der Waals surface area (Å²) in [5, 5.41) is 0. The molecule has 126 valence electrons. The van der Waals surface area contributed by atoms with E-state index in [1.54, 1.807) is 5.54 Å². The van der Waals surface area contributed by atoms with Crippen molar-refractivity contribution >= 4 is 11.6 Å². The van der Waals surface area contributed by atoms with E-state index in [1.807, 2.05) is 0 Å². The molecule has 2 fully saturated rings. The topological polar surface area (TPSA) is 0 Å². The van der Waals surface area contributed by atoms with E-state index in [1.165, 1.54) is 50.7 Å². The Morgan fingerprint density at radius 3 is 1.83 bits per heavy atom. The van der Waals surface area contributed by atoms with Crippen LogP contribution >= 0.6 is 11.6 Å². The molecule has 1 aromatic rings. The van der Waals surface area contributed by atoms with E-state index in [0.717, 1.165) is 36.3 Å².